The number of nitrogens with one attached hydrogen (secondary N) is 1. The maximum absolute atomic E-state index is 5.89. The number of anilines is 1. The molecule has 0 amide bonds. The van der Waals surface area contributed by atoms with Crippen LogP contribution in [0.3, 0.4) is 0 Å². The number of halogens is 1. The van der Waals surface area contributed by atoms with E-state index < -0.39 is 0 Å². The molecule has 1 saturated carbocycles. The van der Waals surface area contributed by atoms with Gasteiger partial charge in [0.1, 0.15) is 0 Å². The minimum Gasteiger partial charge on any atom is -0.383 e. The van der Waals surface area contributed by atoms with E-state index in [4.69, 9.17) is 16.3 Å². The molecule has 0 spiro atoms. The van der Waals surface area contributed by atoms with Crippen LogP contribution in [0.15, 0.2) is 24.3 Å². The molecule has 0 bridgehead atoms. The van der Waals surface area contributed by atoms with Crippen molar-refractivity contribution in [1.82, 2.24) is 0 Å². The summed E-state index contributed by atoms with van der Waals surface area (Å²) >= 11 is 5.83. The summed E-state index contributed by atoms with van der Waals surface area (Å²) < 4.78 is 5.89. The number of hydrogen-bond donors (Lipinski definition) is 1. The summed E-state index contributed by atoms with van der Waals surface area (Å²) in [5.74, 6) is 0.886. The summed E-state index contributed by atoms with van der Waals surface area (Å²) in [6, 6.07) is 7.77. The van der Waals surface area contributed by atoms with Gasteiger partial charge in [-0.1, -0.05) is 18.5 Å². The molecule has 1 aliphatic carbocycles. The zero-order chi connectivity index (χ0) is 12.8. The Labute approximate surface area is 115 Å². The predicted molar refractivity (Wildman–Crippen MR) is 77.3 cm³/mol. The van der Waals surface area contributed by atoms with E-state index in [-0.39, 0.29) is 0 Å². The quantitative estimate of drug-likeness (QED) is 0.801. The minimum absolute atomic E-state index is 0.480. The SMILES string of the molecule is CC1CCC(OCCNc2ccc(Cl)cc2)CC1. The third-order valence-electron chi connectivity index (χ3n) is 3.59. The molecule has 3 heteroatoms. The first kappa shape index (κ1) is 13.7. The van der Waals surface area contributed by atoms with Gasteiger partial charge in [-0.25, -0.2) is 0 Å². The molecule has 1 aliphatic rings. The van der Waals surface area contributed by atoms with Crippen molar-refractivity contribution in [2.75, 3.05) is 18.5 Å². The Hall–Kier alpha value is -0.730. The van der Waals surface area contributed by atoms with Gasteiger partial charge < -0.3 is 10.1 Å². The van der Waals surface area contributed by atoms with Crippen molar-refractivity contribution in [3.05, 3.63) is 29.3 Å². The first-order chi connectivity index (χ1) is 8.74. The molecular weight excluding hydrogens is 246 g/mol. The van der Waals surface area contributed by atoms with E-state index >= 15 is 0 Å². The van der Waals surface area contributed by atoms with Gasteiger partial charge in [0.25, 0.3) is 0 Å². The van der Waals surface area contributed by atoms with Crippen molar-refractivity contribution >= 4 is 17.3 Å². The smallest absolute Gasteiger partial charge is 0.0642 e. The molecule has 100 valence electrons. The van der Waals surface area contributed by atoms with Crippen LogP contribution in [0.4, 0.5) is 5.69 Å². The summed E-state index contributed by atoms with van der Waals surface area (Å²) in [7, 11) is 0. The van der Waals surface area contributed by atoms with Crippen LogP contribution in [0, 0.1) is 5.92 Å². The molecule has 1 aromatic carbocycles. The van der Waals surface area contributed by atoms with Crippen molar-refractivity contribution in [2.45, 2.75) is 38.7 Å². The van der Waals surface area contributed by atoms with Crippen LogP contribution in [0.2, 0.25) is 5.02 Å². The molecular formula is C15H22ClNO. The first-order valence-corrected chi connectivity index (χ1v) is 7.23. The van der Waals surface area contributed by atoms with Crippen molar-refractivity contribution < 1.29 is 4.74 Å². The zero-order valence-electron chi connectivity index (χ0n) is 11.0. The van der Waals surface area contributed by atoms with Gasteiger partial charge in [0.05, 0.1) is 12.7 Å². The average Bonchev–Trinajstić information content (AvgIpc) is 2.39. The molecule has 0 heterocycles. The van der Waals surface area contributed by atoms with E-state index in [9.17, 15) is 0 Å². The monoisotopic (exact) mass is 267 g/mol. The van der Waals surface area contributed by atoms with Gasteiger partial charge in [-0.2, -0.15) is 0 Å². The lowest BCUT2D eigenvalue weighted by atomic mass is 9.89. The van der Waals surface area contributed by atoms with E-state index in [0.29, 0.717) is 6.10 Å². The van der Waals surface area contributed by atoms with Gasteiger partial charge in [0, 0.05) is 17.3 Å². The maximum atomic E-state index is 5.89. The zero-order valence-corrected chi connectivity index (χ0v) is 11.7. The Kier molecular flexibility index (Phi) is 5.33. The highest BCUT2D eigenvalue weighted by molar-refractivity contribution is 6.30. The normalized spacial score (nSPS) is 23.9. The van der Waals surface area contributed by atoms with Crippen LogP contribution in [0.1, 0.15) is 32.6 Å². The lowest BCUT2D eigenvalue weighted by Crippen LogP contribution is -2.23. The summed E-state index contributed by atoms with van der Waals surface area (Å²) in [5.41, 5.74) is 1.10. The highest BCUT2D eigenvalue weighted by Gasteiger charge is 2.17. The molecule has 0 saturated heterocycles. The topological polar surface area (TPSA) is 21.3 Å². The molecule has 1 N–H and O–H groups in total. The molecule has 0 radical (unpaired) electrons. The van der Waals surface area contributed by atoms with E-state index in [1.54, 1.807) is 0 Å². The fraction of sp³-hybridized carbons (Fsp3) is 0.600. The highest BCUT2D eigenvalue weighted by Crippen LogP contribution is 2.25. The largest absolute Gasteiger partial charge is 0.383 e. The van der Waals surface area contributed by atoms with Crippen LogP contribution in [-0.4, -0.2) is 19.3 Å². The third-order valence-corrected chi connectivity index (χ3v) is 3.84. The number of rotatable bonds is 5. The van der Waals surface area contributed by atoms with Crippen molar-refractivity contribution in [3.63, 3.8) is 0 Å². The first-order valence-electron chi connectivity index (χ1n) is 6.85. The Morgan fingerprint density at radius 2 is 1.83 bits per heavy atom. The van der Waals surface area contributed by atoms with Gasteiger partial charge in [-0.05, 0) is 55.9 Å². The van der Waals surface area contributed by atoms with Crippen LogP contribution in [0.5, 0.6) is 0 Å². The Morgan fingerprint density at radius 3 is 2.50 bits per heavy atom. The minimum atomic E-state index is 0.480. The highest BCUT2D eigenvalue weighted by atomic mass is 35.5. The molecule has 2 nitrogen and oxygen atoms in total. The average molecular weight is 268 g/mol. The summed E-state index contributed by atoms with van der Waals surface area (Å²) in [5, 5.41) is 4.11. The Morgan fingerprint density at radius 1 is 1.17 bits per heavy atom. The van der Waals surface area contributed by atoms with Gasteiger partial charge in [-0.15, -0.1) is 0 Å². The van der Waals surface area contributed by atoms with Crippen molar-refractivity contribution in [1.29, 1.82) is 0 Å². The van der Waals surface area contributed by atoms with Crippen molar-refractivity contribution in [3.8, 4) is 0 Å². The summed E-state index contributed by atoms with van der Waals surface area (Å²) in [6.07, 6.45) is 5.56. The van der Waals surface area contributed by atoms with E-state index in [1.165, 1.54) is 25.7 Å². The molecule has 0 atom stereocenters. The lowest BCUT2D eigenvalue weighted by Gasteiger charge is -2.26. The predicted octanol–water partition coefficient (Wildman–Crippen LogP) is 4.35. The molecule has 0 aliphatic heterocycles. The van der Waals surface area contributed by atoms with Crippen LogP contribution < -0.4 is 5.32 Å². The number of ether oxygens (including phenoxy) is 1. The second-order valence-electron chi connectivity index (χ2n) is 5.19. The van der Waals surface area contributed by atoms with Crippen molar-refractivity contribution in [2.24, 2.45) is 5.92 Å². The lowest BCUT2D eigenvalue weighted by molar-refractivity contribution is 0.0257. The van der Waals surface area contributed by atoms with Crippen LogP contribution >= 0.6 is 11.6 Å². The second kappa shape index (κ2) is 7.01. The van der Waals surface area contributed by atoms with E-state index in [1.807, 2.05) is 24.3 Å². The van der Waals surface area contributed by atoms with Crippen LogP contribution in [0.25, 0.3) is 0 Å². The fourth-order valence-corrected chi connectivity index (χ4v) is 2.51. The number of hydrogen-bond acceptors (Lipinski definition) is 2. The van der Waals surface area contributed by atoms with E-state index in [0.717, 1.165) is 29.8 Å². The van der Waals surface area contributed by atoms with Gasteiger partial charge >= 0.3 is 0 Å². The molecule has 1 fully saturated rings. The Balaban J connectivity index is 1.60. The standard InChI is InChI=1S/C15H22ClNO/c1-12-2-8-15(9-3-12)18-11-10-17-14-6-4-13(16)5-7-14/h4-7,12,15,17H,2-3,8-11H2,1H3. The van der Waals surface area contributed by atoms with Gasteiger partial charge in [0.2, 0.25) is 0 Å². The summed E-state index contributed by atoms with van der Waals surface area (Å²) in [4.78, 5) is 0. The van der Waals surface area contributed by atoms with Gasteiger partial charge in [0.15, 0.2) is 0 Å². The molecule has 18 heavy (non-hydrogen) atoms. The number of benzene rings is 1. The summed E-state index contributed by atoms with van der Waals surface area (Å²) in [6.45, 7) is 3.97. The molecule has 2 rings (SSSR count). The maximum Gasteiger partial charge on any atom is 0.0642 e. The molecule has 0 aromatic heterocycles. The third kappa shape index (κ3) is 4.51. The Bertz CT molecular complexity index is 344. The molecule has 0 unspecified atom stereocenters. The molecule has 1 aromatic rings. The van der Waals surface area contributed by atoms with Gasteiger partial charge in [-0.3, -0.25) is 0 Å². The van der Waals surface area contributed by atoms with E-state index in [2.05, 4.69) is 12.2 Å². The van der Waals surface area contributed by atoms with Crippen LogP contribution in [-0.2, 0) is 4.74 Å². The second-order valence-corrected chi connectivity index (χ2v) is 5.62. The fourth-order valence-electron chi connectivity index (χ4n) is 2.38.